The van der Waals surface area contributed by atoms with Gasteiger partial charge in [0.15, 0.2) is 0 Å². The number of hydrogen-bond donors (Lipinski definition) is 2. The summed E-state index contributed by atoms with van der Waals surface area (Å²) in [6.45, 7) is 1.93. The second-order valence-electron chi connectivity index (χ2n) is 4.29. The summed E-state index contributed by atoms with van der Waals surface area (Å²) in [6.07, 6.45) is 1.79. The fraction of sp³-hybridized carbons (Fsp3) is 0.333. The van der Waals surface area contributed by atoms with Gasteiger partial charge in [-0.3, -0.25) is 20.9 Å². The highest BCUT2D eigenvalue weighted by Crippen LogP contribution is 2.25. The highest BCUT2D eigenvalue weighted by molar-refractivity contribution is 9.10. The van der Waals surface area contributed by atoms with Gasteiger partial charge in [0.1, 0.15) is 5.82 Å². The van der Waals surface area contributed by atoms with Crippen molar-refractivity contribution in [1.82, 2.24) is 20.2 Å². The highest BCUT2D eigenvalue weighted by atomic mass is 79.9. The van der Waals surface area contributed by atoms with Crippen molar-refractivity contribution >= 4 is 15.9 Å². The Morgan fingerprint density at radius 3 is 2.74 bits per heavy atom. The molecule has 0 aliphatic rings. The van der Waals surface area contributed by atoms with Crippen molar-refractivity contribution in [3.8, 4) is 0 Å². The van der Waals surface area contributed by atoms with Gasteiger partial charge in [0, 0.05) is 13.5 Å². The Morgan fingerprint density at radius 2 is 2.26 bits per heavy atom. The number of halogens is 2. The van der Waals surface area contributed by atoms with Crippen molar-refractivity contribution in [1.29, 1.82) is 0 Å². The lowest BCUT2D eigenvalue weighted by Crippen LogP contribution is -2.30. The molecule has 0 radical (unpaired) electrons. The molecule has 19 heavy (non-hydrogen) atoms. The first-order valence-corrected chi connectivity index (χ1v) is 6.57. The molecule has 0 fully saturated rings. The van der Waals surface area contributed by atoms with Crippen LogP contribution in [0, 0.1) is 12.7 Å². The zero-order valence-electron chi connectivity index (χ0n) is 10.7. The van der Waals surface area contributed by atoms with E-state index in [-0.39, 0.29) is 11.9 Å². The van der Waals surface area contributed by atoms with Crippen LogP contribution in [0.25, 0.3) is 0 Å². The first-order chi connectivity index (χ1) is 9.02. The van der Waals surface area contributed by atoms with Crippen LogP contribution in [0.1, 0.15) is 23.1 Å². The second kappa shape index (κ2) is 5.77. The lowest BCUT2D eigenvalue weighted by atomic mass is 10.1. The number of rotatable bonds is 4. The second-order valence-corrected chi connectivity index (χ2v) is 5.09. The van der Waals surface area contributed by atoms with Gasteiger partial charge in [0.2, 0.25) is 0 Å². The van der Waals surface area contributed by atoms with E-state index in [1.807, 2.05) is 14.0 Å². The Morgan fingerprint density at radius 1 is 1.53 bits per heavy atom. The summed E-state index contributed by atoms with van der Waals surface area (Å²) < 4.78 is 15.6. The minimum atomic E-state index is -0.364. The zero-order valence-corrected chi connectivity index (χ0v) is 12.3. The number of nitrogens with two attached hydrogens (primary N) is 1. The monoisotopic (exact) mass is 327 g/mol. The van der Waals surface area contributed by atoms with E-state index in [0.717, 1.165) is 15.9 Å². The Labute approximate surface area is 119 Å². The summed E-state index contributed by atoms with van der Waals surface area (Å²) in [6, 6.07) is 2.79. The summed E-state index contributed by atoms with van der Waals surface area (Å²) in [4.78, 5) is 4.05. The highest BCUT2D eigenvalue weighted by Gasteiger charge is 2.18. The number of nitrogens with one attached hydrogen (secondary N) is 1. The smallest absolute Gasteiger partial charge is 0.141 e. The van der Waals surface area contributed by atoms with Crippen LogP contribution in [-0.4, -0.2) is 14.8 Å². The molecular weight excluding hydrogens is 313 g/mol. The molecule has 0 saturated heterocycles. The molecule has 5 nitrogen and oxygen atoms in total. The maximum absolute atomic E-state index is 12.9. The molecule has 0 amide bonds. The molecule has 2 heterocycles. The van der Waals surface area contributed by atoms with Crippen LogP contribution >= 0.6 is 15.9 Å². The number of hydrazine groups is 1. The van der Waals surface area contributed by atoms with Gasteiger partial charge in [-0.25, -0.2) is 4.39 Å². The topological polar surface area (TPSA) is 68.8 Å². The normalized spacial score (nSPS) is 12.7. The van der Waals surface area contributed by atoms with Crippen LogP contribution in [0.2, 0.25) is 0 Å². The lowest BCUT2D eigenvalue weighted by molar-refractivity contribution is 0.514. The van der Waals surface area contributed by atoms with Gasteiger partial charge in [0.25, 0.3) is 0 Å². The average molecular weight is 328 g/mol. The third kappa shape index (κ3) is 2.99. The fourth-order valence-corrected chi connectivity index (χ4v) is 2.44. The van der Waals surface area contributed by atoms with E-state index in [0.29, 0.717) is 12.1 Å². The predicted octanol–water partition coefficient (Wildman–Crippen LogP) is 1.77. The van der Waals surface area contributed by atoms with Crippen LogP contribution in [0.5, 0.6) is 0 Å². The molecule has 3 N–H and O–H groups in total. The van der Waals surface area contributed by atoms with E-state index in [4.69, 9.17) is 5.84 Å². The van der Waals surface area contributed by atoms with E-state index in [2.05, 4.69) is 31.4 Å². The zero-order chi connectivity index (χ0) is 14.0. The van der Waals surface area contributed by atoms with Gasteiger partial charge in [-0.15, -0.1) is 0 Å². The van der Waals surface area contributed by atoms with Crippen LogP contribution in [0.15, 0.2) is 22.8 Å². The number of nitrogens with zero attached hydrogens (tertiary/aromatic N) is 3. The lowest BCUT2D eigenvalue weighted by Gasteiger charge is -2.15. The van der Waals surface area contributed by atoms with Crippen LogP contribution < -0.4 is 11.3 Å². The predicted molar refractivity (Wildman–Crippen MR) is 73.6 cm³/mol. The molecule has 2 aromatic rings. The quantitative estimate of drug-likeness (QED) is 0.663. The van der Waals surface area contributed by atoms with Gasteiger partial charge >= 0.3 is 0 Å². The molecule has 1 unspecified atom stereocenters. The van der Waals surface area contributed by atoms with Gasteiger partial charge in [-0.05, 0) is 35.0 Å². The van der Waals surface area contributed by atoms with Crippen LogP contribution in [-0.2, 0) is 13.5 Å². The summed E-state index contributed by atoms with van der Waals surface area (Å²) in [5.41, 5.74) is 5.32. The molecule has 1 atom stereocenters. The molecule has 2 aromatic heterocycles. The first kappa shape index (κ1) is 14.1. The molecule has 102 valence electrons. The molecule has 0 aliphatic carbocycles. The maximum atomic E-state index is 12.9. The van der Waals surface area contributed by atoms with E-state index in [9.17, 15) is 4.39 Å². The third-order valence-corrected chi connectivity index (χ3v) is 4.00. The standard InChI is InChI=1S/C12H15BrFN5/c1-7-12(13)11(19(2)18-7)5-10(17-15)9-4-3-8(14)6-16-9/h3-4,6,10,17H,5,15H2,1-2H3. The number of aromatic nitrogens is 3. The minimum Gasteiger partial charge on any atom is -0.271 e. The summed E-state index contributed by atoms with van der Waals surface area (Å²) in [5.74, 6) is 5.21. The summed E-state index contributed by atoms with van der Waals surface area (Å²) >= 11 is 3.51. The molecular formula is C12H15BrFN5. The molecule has 7 heteroatoms. The SMILES string of the molecule is Cc1nn(C)c(CC(NN)c2ccc(F)cn2)c1Br. The fourth-order valence-electron chi connectivity index (χ4n) is 1.94. The number of aryl methyl sites for hydroxylation is 2. The van der Waals surface area contributed by atoms with E-state index < -0.39 is 0 Å². The van der Waals surface area contributed by atoms with E-state index in [1.165, 1.54) is 12.3 Å². The van der Waals surface area contributed by atoms with Gasteiger partial charge in [0.05, 0.1) is 33.8 Å². The van der Waals surface area contributed by atoms with Gasteiger partial charge < -0.3 is 0 Å². The number of hydrogen-bond acceptors (Lipinski definition) is 4. The molecule has 0 aromatic carbocycles. The van der Waals surface area contributed by atoms with Crippen molar-refractivity contribution < 1.29 is 4.39 Å². The Kier molecular flexibility index (Phi) is 4.28. The Hall–Kier alpha value is -1.31. The Bertz CT molecular complexity index is 566. The van der Waals surface area contributed by atoms with E-state index >= 15 is 0 Å². The Balaban J connectivity index is 2.26. The number of pyridine rings is 1. The van der Waals surface area contributed by atoms with Crippen molar-refractivity contribution in [2.45, 2.75) is 19.4 Å². The average Bonchev–Trinajstić information content (AvgIpc) is 2.63. The van der Waals surface area contributed by atoms with Gasteiger partial charge in [-0.2, -0.15) is 5.10 Å². The molecule has 0 bridgehead atoms. The third-order valence-electron chi connectivity index (χ3n) is 2.97. The molecule has 0 spiro atoms. The maximum Gasteiger partial charge on any atom is 0.141 e. The largest absolute Gasteiger partial charge is 0.271 e. The minimum absolute atomic E-state index is 0.202. The molecule has 2 rings (SSSR count). The van der Waals surface area contributed by atoms with Crippen LogP contribution in [0.4, 0.5) is 4.39 Å². The summed E-state index contributed by atoms with van der Waals surface area (Å²) in [5, 5.41) is 4.33. The van der Waals surface area contributed by atoms with Crippen LogP contribution in [0.3, 0.4) is 0 Å². The van der Waals surface area contributed by atoms with Crippen molar-refractivity contribution in [3.05, 3.63) is 45.7 Å². The van der Waals surface area contributed by atoms with Gasteiger partial charge in [-0.1, -0.05) is 0 Å². The van der Waals surface area contributed by atoms with Crippen molar-refractivity contribution in [2.24, 2.45) is 12.9 Å². The molecule has 0 saturated carbocycles. The van der Waals surface area contributed by atoms with Crippen molar-refractivity contribution in [2.75, 3.05) is 0 Å². The first-order valence-electron chi connectivity index (χ1n) is 5.78. The summed E-state index contributed by atoms with van der Waals surface area (Å²) in [7, 11) is 1.87. The van der Waals surface area contributed by atoms with Crippen molar-refractivity contribution in [3.63, 3.8) is 0 Å². The van der Waals surface area contributed by atoms with E-state index in [1.54, 1.807) is 10.7 Å². The molecule has 0 aliphatic heterocycles.